The van der Waals surface area contributed by atoms with E-state index in [0.29, 0.717) is 6.04 Å². The predicted molar refractivity (Wildman–Crippen MR) is 75.7 cm³/mol. The molecule has 1 aromatic rings. The van der Waals surface area contributed by atoms with Gasteiger partial charge in [0.25, 0.3) is 0 Å². The van der Waals surface area contributed by atoms with Crippen molar-refractivity contribution < 1.29 is 0 Å². The van der Waals surface area contributed by atoms with Crippen LogP contribution in [0.3, 0.4) is 0 Å². The highest BCUT2D eigenvalue weighted by Crippen LogP contribution is 2.20. The molecule has 1 fully saturated rings. The number of nitrogens with one attached hydrogen (secondary N) is 2. The second-order valence-electron chi connectivity index (χ2n) is 5.36. The zero-order valence-electron chi connectivity index (χ0n) is 11.2. The van der Waals surface area contributed by atoms with Crippen LogP contribution in [0.5, 0.6) is 0 Å². The Bertz CT molecular complexity index is 340. The molecule has 96 valence electrons. The van der Waals surface area contributed by atoms with E-state index < -0.39 is 0 Å². The molecule has 3 heteroatoms. The maximum atomic E-state index is 3.59. The summed E-state index contributed by atoms with van der Waals surface area (Å²) in [6.07, 6.45) is 2.65. The van der Waals surface area contributed by atoms with Crippen molar-refractivity contribution in [1.82, 2.24) is 10.6 Å². The van der Waals surface area contributed by atoms with E-state index in [1.54, 1.807) is 0 Å². The second-order valence-corrected chi connectivity index (χ2v) is 6.70. The monoisotopic (exact) mass is 252 g/mol. The average molecular weight is 252 g/mol. The Morgan fingerprint density at radius 2 is 2.29 bits per heavy atom. The molecule has 0 radical (unpaired) electrons. The molecule has 2 N–H and O–H groups in total. The van der Waals surface area contributed by atoms with Gasteiger partial charge in [0.1, 0.15) is 0 Å². The number of hydrogen-bond acceptors (Lipinski definition) is 3. The molecule has 0 spiro atoms. The molecular weight excluding hydrogens is 228 g/mol. The Balaban J connectivity index is 1.72. The van der Waals surface area contributed by atoms with Crippen molar-refractivity contribution in [1.29, 1.82) is 0 Å². The van der Waals surface area contributed by atoms with Gasteiger partial charge in [-0.15, -0.1) is 11.3 Å². The highest BCUT2D eigenvalue weighted by atomic mass is 32.1. The molecule has 0 aliphatic carbocycles. The van der Waals surface area contributed by atoms with E-state index in [1.165, 1.54) is 34.7 Å². The quantitative estimate of drug-likeness (QED) is 0.861. The van der Waals surface area contributed by atoms with Crippen LogP contribution in [0.25, 0.3) is 0 Å². The second kappa shape index (κ2) is 5.98. The van der Waals surface area contributed by atoms with Gasteiger partial charge in [-0.25, -0.2) is 0 Å². The Labute approximate surface area is 109 Å². The normalized spacial score (nSPS) is 25.1. The van der Waals surface area contributed by atoms with Gasteiger partial charge < -0.3 is 10.6 Å². The Morgan fingerprint density at radius 3 is 2.94 bits per heavy atom. The smallest absolute Gasteiger partial charge is 0.0300 e. The lowest BCUT2D eigenvalue weighted by Gasteiger charge is -2.28. The molecule has 1 saturated heterocycles. The van der Waals surface area contributed by atoms with Crippen molar-refractivity contribution in [3.05, 3.63) is 21.4 Å². The van der Waals surface area contributed by atoms with Gasteiger partial charge >= 0.3 is 0 Å². The zero-order valence-corrected chi connectivity index (χ0v) is 12.0. The van der Waals surface area contributed by atoms with E-state index in [0.717, 1.165) is 19.0 Å². The van der Waals surface area contributed by atoms with Crippen LogP contribution in [0.2, 0.25) is 0 Å². The van der Waals surface area contributed by atoms with Gasteiger partial charge in [-0.1, -0.05) is 6.92 Å². The molecule has 2 nitrogen and oxygen atoms in total. The SMILES string of the molecule is Cc1cc(CNCC2CC(C)CCN2)sc1C. The molecule has 0 bridgehead atoms. The van der Waals surface area contributed by atoms with Gasteiger partial charge in [0.2, 0.25) is 0 Å². The van der Waals surface area contributed by atoms with Crippen LogP contribution in [-0.2, 0) is 6.54 Å². The minimum absolute atomic E-state index is 0.668. The van der Waals surface area contributed by atoms with Crippen molar-refractivity contribution >= 4 is 11.3 Å². The fourth-order valence-electron chi connectivity index (χ4n) is 2.48. The maximum Gasteiger partial charge on any atom is 0.0300 e. The molecule has 1 aliphatic rings. The topological polar surface area (TPSA) is 24.1 Å². The molecule has 0 aromatic carbocycles. The van der Waals surface area contributed by atoms with Crippen LogP contribution in [0.1, 0.15) is 35.1 Å². The van der Waals surface area contributed by atoms with Gasteiger partial charge in [0, 0.05) is 28.9 Å². The summed E-state index contributed by atoms with van der Waals surface area (Å²) in [5, 5.41) is 7.17. The lowest BCUT2D eigenvalue weighted by molar-refractivity contribution is 0.311. The van der Waals surface area contributed by atoms with Gasteiger partial charge in [0.05, 0.1) is 0 Å². The van der Waals surface area contributed by atoms with Crippen LogP contribution in [-0.4, -0.2) is 19.1 Å². The van der Waals surface area contributed by atoms with Gasteiger partial charge in [-0.3, -0.25) is 0 Å². The highest BCUT2D eigenvalue weighted by Gasteiger charge is 2.17. The summed E-state index contributed by atoms with van der Waals surface area (Å²) in [6.45, 7) is 10.1. The lowest BCUT2D eigenvalue weighted by atomic mass is 9.94. The summed E-state index contributed by atoms with van der Waals surface area (Å²) in [4.78, 5) is 2.91. The van der Waals surface area contributed by atoms with Crippen LogP contribution in [0.15, 0.2) is 6.07 Å². The number of thiophene rings is 1. The zero-order chi connectivity index (χ0) is 12.3. The van der Waals surface area contributed by atoms with E-state index in [9.17, 15) is 0 Å². The number of aryl methyl sites for hydroxylation is 2. The lowest BCUT2D eigenvalue weighted by Crippen LogP contribution is -2.43. The largest absolute Gasteiger partial charge is 0.313 e. The summed E-state index contributed by atoms with van der Waals surface area (Å²) >= 11 is 1.92. The molecular formula is C14H24N2S. The van der Waals surface area contributed by atoms with Crippen molar-refractivity contribution in [2.75, 3.05) is 13.1 Å². The highest BCUT2D eigenvalue weighted by molar-refractivity contribution is 7.12. The average Bonchev–Trinajstić information content (AvgIpc) is 2.58. The molecule has 1 aromatic heterocycles. The number of rotatable bonds is 4. The van der Waals surface area contributed by atoms with Crippen molar-refractivity contribution in [3.63, 3.8) is 0 Å². The van der Waals surface area contributed by atoms with E-state index >= 15 is 0 Å². The fourth-order valence-corrected chi connectivity index (χ4v) is 3.51. The van der Waals surface area contributed by atoms with E-state index in [1.807, 2.05) is 11.3 Å². The third-order valence-electron chi connectivity index (χ3n) is 3.66. The minimum Gasteiger partial charge on any atom is -0.313 e. The predicted octanol–water partition coefficient (Wildman–Crippen LogP) is 2.84. The Kier molecular flexibility index (Phi) is 4.60. The van der Waals surface area contributed by atoms with E-state index in [4.69, 9.17) is 0 Å². The molecule has 17 heavy (non-hydrogen) atoms. The van der Waals surface area contributed by atoms with Crippen LogP contribution >= 0.6 is 11.3 Å². The molecule has 0 saturated carbocycles. The Hall–Kier alpha value is -0.380. The summed E-state index contributed by atoms with van der Waals surface area (Å²) < 4.78 is 0. The molecule has 1 aliphatic heterocycles. The molecule has 2 rings (SSSR count). The Morgan fingerprint density at radius 1 is 1.47 bits per heavy atom. The first kappa shape index (κ1) is 13.1. The van der Waals surface area contributed by atoms with Crippen LogP contribution in [0.4, 0.5) is 0 Å². The summed E-state index contributed by atoms with van der Waals surface area (Å²) in [5.41, 5.74) is 1.43. The van der Waals surface area contributed by atoms with Gasteiger partial charge in [0.15, 0.2) is 0 Å². The molecule has 2 unspecified atom stereocenters. The van der Waals surface area contributed by atoms with Crippen molar-refractivity contribution in [3.8, 4) is 0 Å². The number of hydrogen-bond donors (Lipinski definition) is 2. The number of piperidine rings is 1. The van der Waals surface area contributed by atoms with Gasteiger partial charge in [-0.2, -0.15) is 0 Å². The van der Waals surface area contributed by atoms with E-state index in [2.05, 4.69) is 37.5 Å². The minimum atomic E-state index is 0.668. The van der Waals surface area contributed by atoms with Crippen molar-refractivity contribution in [2.24, 2.45) is 5.92 Å². The fraction of sp³-hybridized carbons (Fsp3) is 0.714. The summed E-state index contributed by atoms with van der Waals surface area (Å²) in [6, 6.07) is 2.98. The van der Waals surface area contributed by atoms with E-state index in [-0.39, 0.29) is 0 Å². The standard InChI is InChI=1S/C14H24N2S/c1-10-4-5-16-13(6-10)8-15-9-14-7-11(2)12(3)17-14/h7,10,13,15-16H,4-6,8-9H2,1-3H3. The van der Waals surface area contributed by atoms with Crippen LogP contribution < -0.4 is 10.6 Å². The van der Waals surface area contributed by atoms with Crippen LogP contribution in [0, 0.1) is 19.8 Å². The summed E-state index contributed by atoms with van der Waals surface area (Å²) in [7, 11) is 0. The summed E-state index contributed by atoms with van der Waals surface area (Å²) in [5.74, 6) is 0.884. The van der Waals surface area contributed by atoms with Gasteiger partial charge in [-0.05, 0) is 50.8 Å². The van der Waals surface area contributed by atoms with Crippen molar-refractivity contribution in [2.45, 2.75) is 46.2 Å². The first-order valence-corrected chi connectivity index (χ1v) is 7.47. The third-order valence-corrected chi connectivity index (χ3v) is 4.82. The molecule has 2 atom stereocenters. The first-order valence-electron chi connectivity index (χ1n) is 6.65. The first-order chi connectivity index (χ1) is 8.15. The molecule has 0 amide bonds. The molecule has 2 heterocycles. The third kappa shape index (κ3) is 3.80. The maximum absolute atomic E-state index is 3.59.